The molecule has 0 aliphatic carbocycles. The summed E-state index contributed by atoms with van der Waals surface area (Å²) in [6.07, 6.45) is 2.29. The third-order valence-electron chi connectivity index (χ3n) is 3.26. The molecule has 0 bridgehead atoms. The van der Waals surface area contributed by atoms with Gasteiger partial charge >= 0.3 is 0 Å². The van der Waals surface area contributed by atoms with Crippen molar-refractivity contribution in [2.75, 3.05) is 18.8 Å². The fourth-order valence-corrected chi connectivity index (χ4v) is 2.39. The number of likely N-dealkylation sites (tertiary alicyclic amines) is 1. The van der Waals surface area contributed by atoms with E-state index in [0.29, 0.717) is 24.0 Å². The van der Waals surface area contributed by atoms with Crippen molar-refractivity contribution in [3.8, 4) is 0 Å². The van der Waals surface area contributed by atoms with Crippen LogP contribution >= 0.6 is 0 Å². The Morgan fingerprint density at radius 2 is 2.41 bits per heavy atom. The van der Waals surface area contributed by atoms with Crippen LogP contribution < -0.4 is 5.73 Å². The van der Waals surface area contributed by atoms with Crippen molar-refractivity contribution >= 4 is 11.7 Å². The van der Waals surface area contributed by atoms with Crippen LogP contribution in [0.5, 0.6) is 0 Å². The summed E-state index contributed by atoms with van der Waals surface area (Å²) in [5.74, 6) is 1.06. The van der Waals surface area contributed by atoms with Crippen LogP contribution in [0.1, 0.15) is 37.2 Å². The number of piperidine rings is 1. The van der Waals surface area contributed by atoms with Gasteiger partial charge in [0.05, 0.1) is 0 Å². The fourth-order valence-electron chi connectivity index (χ4n) is 2.39. The number of nitrogens with two attached hydrogens (primary N) is 1. The highest BCUT2D eigenvalue weighted by molar-refractivity contribution is 5.93. The van der Waals surface area contributed by atoms with E-state index in [1.165, 1.54) is 6.42 Å². The third-order valence-corrected chi connectivity index (χ3v) is 3.26. The second-order valence-electron chi connectivity index (χ2n) is 4.77. The van der Waals surface area contributed by atoms with Gasteiger partial charge in [-0.15, -0.1) is 0 Å². The third kappa shape index (κ3) is 2.43. The minimum atomic E-state index is 0.0580. The first-order valence-corrected chi connectivity index (χ1v) is 6.24. The van der Waals surface area contributed by atoms with Crippen molar-refractivity contribution in [1.29, 1.82) is 0 Å². The Kier molecular flexibility index (Phi) is 3.36. The zero-order chi connectivity index (χ0) is 12.4. The molecule has 5 heteroatoms. The SMILES string of the molecule is CCn1nc(N)cc1C(=O)N1CCC[C@@H](C)C1. The van der Waals surface area contributed by atoms with Gasteiger partial charge in [-0.1, -0.05) is 6.92 Å². The molecule has 1 aliphatic heterocycles. The van der Waals surface area contributed by atoms with Crippen LogP contribution in [-0.2, 0) is 6.54 Å². The number of nitrogens with zero attached hydrogens (tertiary/aromatic N) is 3. The van der Waals surface area contributed by atoms with Gasteiger partial charge in [0.25, 0.3) is 5.91 Å². The number of aromatic nitrogens is 2. The van der Waals surface area contributed by atoms with Crippen LogP contribution in [0.4, 0.5) is 5.82 Å². The van der Waals surface area contributed by atoms with Crippen LogP contribution in [-0.4, -0.2) is 33.7 Å². The number of rotatable bonds is 2. The zero-order valence-corrected chi connectivity index (χ0v) is 10.5. The first kappa shape index (κ1) is 12.0. The van der Waals surface area contributed by atoms with Crippen LogP contribution in [0, 0.1) is 5.92 Å². The Hall–Kier alpha value is -1.52. The van der Waals surface area contributed by atoms with Crippen molar-refractivity contribution in [2.45, 2.75) is 33.2 Å². The van der Waals surface area contributed by atoms with Gasteiger partial charge in [-0.05, 0) is 25.7 Å². The molecule has 1 atom stereocenters. The molecule has 1 saturated heterocycles. The van der Waals surface area contributed by atoms with E-state index in [0.717, 1.165) is 19.5 Å². The molecule has 5 nitrogen and oxygen atoms in total. The van der Waals surface area contributed by atoms with Gasteiger partial charge in [0.2, 0.25) is 0 Å². The lowest BCUT2D eigenvalue weighted by Crippen LogP contribution is -2.40. The van der Waals surface area contributed by atoms with Gasteiger partial charge in [0.15, 0.2) is 0 Å². The number of anilines is 1. The van der Waals surface area contributed by atoms with Crippen molar-refractivity contribution in [3.63, 3.8) is 0 Å². The predicted molar refractivity (Wildman–Crippen MR) is 66.6 cm³/mol. The van der Waals surface area contributed by atoms with Gasteiger partial charge in [-0.25, -0.2) is 0 Å². The van der Waals surface area contributed by atoms with Gasteiger partial charge in [0.1, 0.15) is 11.5 Å². The summed E-state index contributed by atoms with van der Waals surface area (Å²) < 4.78 is 1.68. The number of carbonyl (C=O) groups is 1. The second-order valence-corrected chi connectivity index (χ2v) is 4.77. The van der Waals surface area contributed by atoms with Gasteiger partial charge in [-0.2, -0.15) is 5.10 Å². The number of amides is 1. The standard InChI is InChI=1S/C12H20N4O/c1-3-16-10(7-11(13)14-16)12(17)15-6-4-5-9(2)8-15/h7,9H,3-6,8H2,1-2H3,(H2,13,14)/t9-/m1/s1. The van der Waals surface area contributed by atoms with Crippen LogP contribution in [0.3, 0.4) is 0 Å². The van der Waals surface area contributed by atoms with E-state index < -0.39 is 0 Å². The van der Waals surface area contributed by atoms with E-state index in [1.54, 1.807) is 10.7 Å². The smallest absolute Gasteiger partial charge is 0.272 e. The lowest BCUT2D eigenvalue weighted by molar-refractivity contribution is 0.0670. The molecule has 1 aromatic heterocycles. The Bertz CT molecular complexity index is 413. The normalized spacial score (nSPS) is 20.6. The second kappa shape index (κ2) is 4.77. The molecule has 2 heterocycles. The summed E-state index contributed by atoms with van der Waals surface area (Å²) in [5.41, 5.74) is 6.26. The molecule has 2 rings (SSSR count). The minimum Gasteiger partial charge on any atom is -0.382 e. The molecular formula is C12H20N4O. The Morgan fingerprint density at radius 1 is 1.65 bits per heavy atom. The molecule has 0 radical (unpaired) electrons. The summed E-state index contributed by atoms with van der Waals surface area (Å²) in [6.45, 7) is 6.50. The molecule has 0 spiro atoms. The van der Waals surface area contributed by atoms with Crippen molar-refractivity contribution in [1.82, 2.24) is 14.7 Å². The average molecular weight is 236 g/mol. The lowest BCUT2D eigenvalue weighted by atomic mass is 10.00. The van der Waals surface area contributed by atoms with E-state index in [4.69, 9.17) is 5.73 Å². The molecule has 1 aromatic rings. The summed E-state index contributed by atoms with van der Waals surface area (Å²) in [6, 6.07) is 1.67. The monoisotopic (exact) mass is 236 g/mol. The van der Waals surface area contributed by atoms with Crippen LogP contribution in [0.2, 0.25) is 0 Å². The summed E-state index contributed by atoms with van der Waals surface area (Å²) >= 11 is 0. The van der Waals surface area contributed by atoms with Gasteiger partial charge in [0, 0.05) is 25.7 Å². The van der Waals surface area contributed by atoms with E-state index in [2.05, 4.69) is 12.0 Å². The van der Waals surface area contributed by atoms with E-state index in [1.807, 2.05) is 11.8 Å². The maximum atomic E-state index is 12.3. The molecule has 1 fully saturated rings. The predicted octanol–water partition coefficient (Wildman–Crippen LogP) is 1.36. The number of carbonyl (C=O) groups excluding carboxylic acids is 1. The molecule has 17 heavy (non-hydrogen) atoms. The van der Waals surface area contributed by atoms with E-state index in [9.17, 15) is 4.79 Å². The highest BCUT2D eigenvalue weighted by Gasteiger charge is 2.24. The largest absolute Gasteiger partial charge is 0.382 e. The molecule has 0 saturated carbocycles. The molecule has 94 valence electrons. The fraction of sp³-hybridized carbons (Fsp3) is 0.667. The Labute approximate surface area is 102 Å². The summed E-state index contributed by atoms with van der Waals surface area (Å²) in [5, 5.41) is 4.11. The number of hydrogen-bond donors (Lipinski definition) is 1. The number of aryl methyl sites for hydroxylation is 1. The Balaban J connectivity index is 2.18. The summed E-state index contributed by atoms with van der Waals surface area (Å²) in [7, 11) is 0. The number of hydrogen-bond acceptors (Lipinski definition) is 3. The highest BCUT2D eigenvalue weighted by Crippen LogP contribution is 2.18. The van der Waals surface area contributed by atoms with E-state index in [-0.39, 0.29) is 5.91 Å². The average Bonchev–Trinajstić information content (AvgIpc) is 2.69. The number of nitrogen functional groups attached to an aromatic ring is 1. The molecule has 0 aromatic carbocycles. The Morgan fingerprint density at radius 3 is 3.06 bits per heavy atom. The molecule has 1 aliphatic rings. The topological polar surface area (TPSA) is 64.2 Å². The van der Waals surface area contributed by atoms with Crippen molar-refractivity contribution in [2.24, 2.45) is 5.92 Å². The first-order chi connectivity index (χ1) is 8.11. The van der Waals surface area contributed by atoms with Crippen molar-refractivity contribution in [3.05, 3.63) is 11.8 Å². The van der Waals surface area contributed by atoms with Gasteiger partial charge in [-0.3, -0.25) is 9.48 Å². The molecular weight excluding hydrogens is 216 g/mol. The van der Waals surface area contributed by atoms with Gasteiger partial charge < -0.3 is 10.6 Å². The molecule has 1 amide bonds. The minimum absolute atomic E-state index is 0.0580. The summed E-state index contributed by atoms with van der Waals surface area (Å²) in [4.78, 5) is 14.3. The highest BCUT2D eigenvalue weighted by atomic mass is 16.2. The maximum absolute atomic E-state index is 12.3. The maximum Gasteiger partial charge on any atom is 0.272 e. The van der Waals surface area contributed by atoms with E-state index >= 15 is 0 Å². The molecule has 0 unspecified atom stereocenters. The molecule has 2 N–H and O–H groups in total. The van der Waals surface area contributed by atoms with Crippen LogP contribution in [0.25, 0.3) is 0 Å². The first-order valence-electron chi connectivity index (χ1n) is 6.24. The quantitative estimate of drug-likeness (QED) is 0.843. The van der Waals surface area contributed by atoms with Crippen molar-refractivity contribution < 1.29 is 4.79 Å². The van der Waals surface area contributed by atoms with Crippen LogP contribution in [0.15, 0.2) is 6.07 Å². The zero-order valence-electron chi connectivity index (χ0n) is 10.5. The lowest BCUT2D eigenvalue weighted by Gasteiger charge is -2.30.